The molecule has 0 aliphatic carbocycles. The van der Waals surface area contributed by atoms with Crippen molar-refractivity contribution in [3.05, 3.63) is 29.0 Å². The summed E-state index contributed by atoms with van der Waals surface area (Å²) in [5, 5.41) is 0. The molecule has 2 fully saturated rings. The van der Waals surface area contributed by atoms with Crippen molar-refractivity contribution >= 4 is 42.5 Å². The van der Waals surface area contributed by atoms with Crippen LogP contribution in [0.15, 0.2) is 29.0 Å². The van der Waals surface area contributed by atoms with Gasteiger partial charge in [-0.05, 0) is 40.9 Å². The second-order valence-electron chi connectivity index (χ2n) is 6.76. The fraction of sp³-hybridized carbons (Fsp3) is 0.529. The van der Waals surface area contributed by atoms with Gasteiger partial charge in [-0.15, -0.1) is 0 Å². The molecule has 134 valence electrons. The second kappa shape index (κ2) is 6.81. The number of pyridine rings is 2. The Morgan fingerprint density at radius 1 is 1.08 bits per heavy atom. The van der Waals surface area contributed by atoms with Gasteiger partial charge in [-0.25, -0.2) is 8.42 Å². The van der Waals surface area contributed by atoms with Crippen molar-refractivity contribution in [2.75, 3.05) is 42.6 Å². The number of hydrogen-bond acceptors (Lipinski definition) is 6. The van der Waals surface area contributed by atoms with Crippen molar-refractivity contribution in [2.45, 2.75) is 18.9 Å². The lowest BCUT2D eigenvalue weighted by atomic mass is 10.0. The number of piperidine rings is 1. The Labute approximate surface area is 156 Å². The normalized spacial score (nSPS) is 22.4. The second-order valence-corrected chi connectivity index (χ2v) is 9.98. The van der Waals surface area contributed by atoms with Gasteiger partial charge in [0.05, 0.1) is 22.7 Å². The van der Waals surface area contributed by atoms with Crippen LogP contribution in [0.3, 0.4) is 0 Å². The molecule has 0 spiro atoms. The molecule has 0 radical (unpaired) electrons. The summed E-state index contributed by atoms with van der Waals surface area (Å²) in [5.41, 5.74) is 2.97. The van der Waals surface area contributed by atoms with Gasteiger partial charge in [0.25, 0.3) is 0 Å². The van der Waals surface area contributed by atoms with E-state index < -0.39 is 9.84 Å². The Bertz CT molecular complexity index is 867. The fourth-order valence-corrected chi connectivity index (χ4v) is 5.36. The van der Waals surface area contributed by atoms with Gasteiger partial charge in [-0.1, -0.05) is 0 Å². The molecule has 2 aromatic heterocycles. The lowest BCUT2D eigenvalue weighted by molar-refractivity contribution is 0.182. The summed E-state index contributed by atoms with van der Waals surface area (Å²) in [6, 6.07) is 4.52. The van der Waals surface area contributed by atoms with E-state index in [2.05, 4.69) is 35.7 Å². The van der Waals surface area contributed by atoms with Crippen LogP contribution in [-0.2, 0) is 9.84 Å². The average Bonchev–Trinajstić information content (AvgIpc) is 2.61. The van der Waals surface area contributed by atoms with Crippen LogP contribution in [0.4, 0.5) is 5.69 Å². The average molecular weight is 425 g/mol. The largest absolute Gasteiger partial charge is 0.370 e. The highest BCUT2D eigenvalue weighted by atomic mass is 79.9. The van der Waals surface area contributed by atoms with Gasteiger partial charge >= 0.3 is 0 Å². The predicted octanol–water partition coefficient (Wildman–Crippen LogP) is 2.09. The number of halogens is 1. The number of anilines is 1. The lowest BCUT2D eigenvalue weighted by Gasteiger charge is -2.40. The predicted molar refractivity (Wildman–Crippen MR) is 103 cm³/mol. The molecule has 0 unspecified atom stereocenters. The molecule has 6 nitrogen and oxygen atoms in total. The maximum Gasteiger partial charge on any atom is 0.152 e. The number of sulfone groups is 1. The van der Waals surface area contributed by atoms with E-state index >= 15 is 0 Å². The van der Waals surface area contributed by atoms with Crippen LogP contribution in [0.5, 0.6) is 0 Å². The van der Waals surface area contributed by atoms with Crippen molar-refractivity contribution in [1.29, 1.82) is 0 Å². The highest BCUT2D eigenvalue weighted by Gasteiger charge is 2.30. The zero-order valence-electron chi connectivity index (χ0n) is 13.9. The first-order valence-corrected chi connectivity index (χ1v) is 11.2. The first-order valence-electron chi connectivity index (χ1n) is 8.61. The molecule has 0 amide bonds. The minimum absolute atomic E-state index is 0.307. The molecule has 4 heterocycles. The zero-order valence-corrected chi connectivity index (χ0v) is 16.3. The molecule has 8 heteroatoms. The smallest absolute Gasteiger partial charge is 0.152 e. The molecule has 0 atom stereocenters. The van der Waals surface area contributed by atoms with Crippen LogP contribution in [0.25, 0.3) is 11.0 Å². The Morgan fingerprint density at radius 3 is 2.52 bits per heavy atom. The lowest BCUT2D eigenvalue weighted by Crippen LogP contribution is -2.50. The number of rotatable bonds is 2. The van der Waals surface area contributed by atoms with Crippen molar-refractivity contribution in [3.63, 3.8) is 0 Å². The Kier molecular flexibility index (Phi) is 4.68. The van der Waals surface area contributed by atoms with E-state index in [1.54, 1.807) is 0 Å². The quantitative estimate of drug-likeness (QED) is 0.734. The molecule has 2 saturated heterocycles. The van der Waals surface area contributed by atoms with Gasteiger partial charge in [0.15, 0.2) is 9.84 Å². The number of nitrogens with zero attached hydrogens (tertiary/aromatic N) is 4. The van der Waals surface area contributed by atoms with E-state index in [4.69, 9.17) is 0 Å². The van der Waals surface area contributed by atoms with Gasteiger partial charge in [0, 0.05) is 49.1 Å². The molecular weight excluding hydrogens is 404 g/mol. The van der Waals surface area contributed by atoms with Crippen LogP contribution in [0.2, 0.25) is 0 Å². The Hall–Kier alpha value is -1.25. The van der Waals surface area contributed by atoms with Crippen LogP contribution in [0.1, 0.15) is 12.8 Å². The third-order valence-corrected chi connectivity index (χ3v) is 7.27. The summed E-state index contributed by atoms with van der Waals surface area (Å²) in [5.74, 6) is 0.613. The maximum absolute atomic E-state index is 11.6. The van der Waals surface area contributed by atoms with Gasteiger partial charge in [0.2, 0.25) is 0 Å². The molecule has 2 aliphatic rings. The van der Waals surface area contributed by atoms with Crippen LogP contribution in [0, 0.1) is 0 Å². The Morgan fingerprint density at radius 2 is 1.80 bits per heavy atom. The zero-order chi connectivity index (χ0) is 17.4. The molecule has 2 aromatic rings. The highest BCUT2D eigenvalue weighted by Crippen LogP contribution is 2.29. The van der Waals surface area contributed by atoms with Crippen molar-refractivity contribution in [2.24, 2.45) is 0 Å². The fourth-order valence-electron chi connectivity index (χ4n) is 3.81. The molecule has 0 saturated carbocycles. The van der Waals surface area contributed by atoms with Crippen LogP contribution >= 0.6 is 15.9 Å². The highest BCUT2D eigenvalue weighted by molar-refractivity contribution is 9.10. The summed E-state index contributed by atoms with van der Waals surface area (Å²) >= 11 is 3.45. The van der Waals surface area contributed by atoms with Crippen molar-refractivity contribution in [1.82, 2.24) is 14.9 Å². The maximum atomic E-state index is 11.6. The third kappa shape index (κ3) is 3.66. The molecular formula is C17H21BrN4O2S. The van der Waals surface area contributed by atoms with Gasteiger partial charge in [-0.3, -0.25) is 14.9 Å². The minimum atomic E-state index is -2.81. The van der Waals surface area contributed by atoms with Crippen LogP contribution < -0.4 is 4.90 Å². The van der Waals surface area contributed by atoms with E-state index in [1.165, 1.54) is 0 Å². The van der Waals surface area contributed by atoms with E-state index in [1.807, 2.05) is 24.5 Å². The first kappa shape index (κ1) is 17.2. The molecule has 4 rings (SSSR count). The van der Waals surface area contributed by atoms with E-state index in [9.17, 15) is 8.42 Å². The number of hydrogen-bond donors (Lipinski definition) is 0. The first-order chi connectivity index (χ1) is 12.0. The van der Waals surface area contributed by atoms with Crippen molar-refractivity contribution < 1.29 is 8.42 Å². The SMILES string of the molecule is O=S1(=O)CCN(C2CCN(c3ccnc4cc(Br)cnc34)CC2)CC1. The molecule has 0 bridgehead atoms. The summed E-state index contributed by atoms with van der Waals surface area (Å²) in [4.78, 5) is 13.7. The van der Waals surface area contributed by atoms with E-state index in [0.29, 0.717) is 30.6 Å². The van der Waals surface area contributed by atoms with Crippen LogP contribution in [-0.4, -0.2) is 67.0 Å². The molecule has 0 N–H and O–H groups in total. The molecule has 0 aromatic carbocycles. The minimum Gasteiger partial charge on any atom is -0.370 e. The summed E-state index contributed by atoms with van der Waals surface area (Å²) in [6.45, 7) is 3.29. The Balaban J connectivity index is 1.46. The van der Waals surface area contributed by atoms with E-state index in [0.717, 1.165) is 47.1 Å². The van der Waals surface area contributed by atoms with Gasteiger partial charge in [0.1, 0.15) is 5.52 Å². The molecule has 25 heavy (non-hydrogen) atoms. The summed E-state index contributed by atoms with van der Waals surface area (Å²) in [6.07, 6.45) is 5.77. The van der Waals surface area contributed by atoms with Gasteiger partial charge in [-0.2, -0.15) is 0 Å². The monoisotopic (exact) mass is 424 g/mol. The van der Waals surface area contributed by atoms with E-state index in [-0.39, 0.29) is 0 Å². The summed E-state index contributed by atoms with van der Waals surface area (Å²) < 4.78 is 24.2. The third-order valence-electron chi connectivity index (χ3n) is 5.22. The topological polar surface area (TPSA) is 66.4 Å². The van der Waals surface area contributed by atoms with Gasteiger partial charge < -0.3 is 4.90 Å². The number of fused-ring (bicyclic) bond motifs is 1. The van der Waals surface area contributed by atoms with Crippen molar-refractivity contribution in [3.8, 4) is 0 Å². The molecule has 2 aliphatic heterocycles. The standard InChI is InChI=1S/C17H21BrN4O2S/c18-13-11-15-17(20-12-13)16(1-4-19-15)22-5-2-14(3-6-22)21-7-9-25(23,24)10-8-21/h1,4,11-12,14H,2-3,5-10H2. The number of aromatic nitrogens is 2. The summed E-state index contributed by atoms with van der Waals surface area (Å²) in [7, 11) is -2.81.